The molecule has 1 aromatic rings. The molecule has 118 valence electrons. The van der Waals surface area contributed by atoms with E-state index in [1.807, 2.05) is 0 Å². The fourth-order valence-corrected chi connectivity index (χ4v) is 3.84. The lowest BCUT2D eigenvalue weighted by molar-refractivity contribution is 0.302. The number of unbranched alkanes of at least 4 members (excludes halogenated alkanes) is 5. The van der Waals surface area contributed by atoms with Gasteiger partial charge in [0.05, 0.1) is 0 Å². The van der Waals surface area contributed by atoms with Crippen LogP contribution >= 0.6 is 0 Å². The third-order valence-electron chi connectivity index (χ3n) is 5.36. The molecule has 0 N–H and O–H groups in total. The third kappa shape index (κ3) is 5.85. The molecule has 0 nitrogen and oxygen atoms in total. The molecule has 0 amide bonds. The maximum atomic E-state index is 2.36. The van der Waals surface area contributed by atoms with E-state index in [-0.39, 0.29) is 0 Å². The van der Waals surface area contributed by atoms with Crippen LogP contribution in [0.4, 0.5) is 0 Å². The molecular formula is C21H34. The van der Waals surface area contributed by atoms with Crippen LogP contribution in [0.2, 0.25) is 0 Å². The molecule has 0 heterocycles. The van der Waals surface area contributed by atoms with E-state index in [9.17, 15) is 0 Å². The molecule has 2 rings (SSSR count). The van der Waals surface area contributed by atoms with Gasteiger partial charge in [0.2, 0.25) is 0 Å². The van der Waals surface area contributed by atoms with Crippen molar-refractivity contribution in [3.8, 4) is 0 Å². The predicted molar refractivity (Wildman–Crippen MR) is 93.9 cm³/mol. The van der Waals surface area contributed by atoms with Crippen molar-refractivity contribution in [3.63, 3.8) is 0 Å². The van der Waals surface area contributed by atoms with Crippen LogP contribution in [0.3, 0.4) is 0 Å². The molecular weight excluding hydrogens is 252 g/mol. The first kappa shape index (κ1) is 16.6. The zero-order valence-corrected chi connectivity index (χ0v) is 14.2. The standard InChI is InChI=1S/C21H34/c1-3-4-5-6-7-8-9-19-12-16-21(17-13-19)20-14-10-18(2)11-15-20/h10-11,14-15,19,21H,3-9,12-13,16-17H2,1-2H3. The molecule has 0 heteroatoms. The van der Waals surface area contributed by atoms with E-state index >= 15 is 0 Å². The Kier molecular flexibility index (Phi) is 7.33. The Hall–Kier alpha value is -0.780. The molecule has 1 aliphatic rings. The molecule has 0 spiro atoms. The van der Waals surface area contributed by atoms with E-state index in [1.165, 1.54) is 76.2 Å². The molecule has 21 heavy (non-hydrogen) atoms. The second-order valence-corrected chi connectivity index (χ2v) is 7.18. The molecule has 0 bridgehead atoms. The summed E-state index contributed by atoms with van der Waals surface area (Å²) >= 11 is 0. The molecule has 1 saturated carbocycles. The summed E-state index contributed by atoms with van der Waals surface area (Å²) in [5, 5.41) is 0. The number of hydrogen-bond donors (Lipinski definition) is 0. The third-order valence-corrected chi connectivity index (χ3v) is 5.36. The largest absolute Gasteiger partial charge is 0.0654 e. The molecule has 1 fully saturated rings. The van der Waals surface area contributed by atoms with Gasteiger partial charge in [0.15, 0.2) is 0 Å². The minimum absolute atomic E-state index is 0.839. The normalized spacial score (nSPS) is 22.4. The van der Waals surface area contributed by atoms with Crippen LogP contribution in [0.1, 0.15) is 94.6 Å². The van der Waals surface area contributed by atoms with Crippen molar-refractivity contribution in [3.05, 3.63) is 35.4 Å². The molecule has 1 aliphatic carbocycles. The monoisotopic (exact) mass is 286 g/mol. The fraction of sp³-hybridized carbons (Fsp3) is 0.714. The number of hydrogen-bond acceptors (Lipinski definition) is 0. The van der Waals surface area contributed by atoms with Gasteiger partial charge in [0.1, 0.15) is 0 Å². The second kappa shape index (κ2) is 9.28. The van der Waals surface area contributed by atoms with Crippen LogP contribution in [-0.2, 0) is 0 Å². The fourth-order valence-electron chi connectivity index (χ4n) is 3.84. The van der Waals surface area contributed by atoms with E-state index in [0.717, 1.165) is 11.8 Å². The van der Waals surface area contributed by atoms with Crippen LogP contribution in [-0.4, -0.2) is 0 Å². The van der Waals surface area contributed by atoms with Crippen molar-refractivity contribution >= 4 is 0 Å². The lowest BCUT2D eigenvalue weighted by Crippen LogP contribution is -2.13. The Balaban J connectivity index is 1.61. The van der Waals surface area contributed by atoms with Gasteiger partial charge in [-0.15, -0.1) is 0 Å². The van der Waals surface area contributed by atoms with Crippen LogP contribution < -0.4 is 0 Å². The maximum absolute atomic E-state index is 2.36. The highest BCUT2D eigenvalue weighted by atomic mass is 14.3. The van der Waals surface area contributed by atoms with Crippen molar-refractivity contribution in [1.82, 2.24) is 0 Å². The lowest BCUT2D eigenvalue weighted by atomic mass is 9.77. The van der Waals surface area contributed by atoms with Crippen molar-refractivity contribution in [1.29, 1.82) is 0 Å². The Morgan fingerprint density at radius 2 is 1.43 bits per heavy atom. The zero-order valence-electron chi connectivity index (χ0n) is 14.2. The van der Waals surface area contributed by atoms with Crippen LogP contribution in [0, 0.1) is 12.8 Å². The van der Waals surface area contributed by atoms with Crippen molar-refractivity contribution in [2.24, 2.45) is 5.92 Å². The summed E-state index contributed by atoms with van der Waals surface area (Å²) in [6.45, 7) is 4.48. The minimum Gasteiger partial charge on any atom is -0.0654 e. The molecule has 0 aliphatic heterocycles. The number of rotatable bonds is 8. The van der Waals surface area contributed by atoms with Gasteiger partial charge in [-0.05, 0) is 50.0 Å². The summed E-state index contributed by atoms with van der Waals surface area (Å²) < 4.78 is 0. The summed E-state index contributed by atoms with van der Waals surface area (Å²) in [7, 11) is 0. The number of benzene rings is 1. The first-order valence-electron chi connectivity index (χ1n) is 9.36. The molecule has 0 unspecified atom stereocenters. The Bertz CT molecular complexity index is 368. The average molecular weight is 287 g/mol. The Labute approximate surface area is 132 Å². The summed E-state index contributed by atoms with van der Waals surface area (Å²) in [4.78, 5) is 0. The van der Waals surface area contributed by atoms with E-state index in [4.69, 9.17) is 0 Å². The summed E-state index contributed by atoms with van der Waals surface area (Å²) in [5.74, 6) is 1.87. The maximum Gasteiger partial charge on any atom is -0.0162 e. The van der Waals surface area contributed by atoms with Crippen molar-refractivity contribution in [2.75, 3.05) is 0 Å². The van der Waals surface area contributed by atoms with Gasteiger partial charge >= 0.3 is 0 Å². The van der Waals surface area contributed by atoms with Crippen molar-refractivity contribution in [2.45, 2.75) is 90.4 Å². The van der Waals surface area contributed by atoms with Gasteiger partial charge in [-0.2, -0.15) is 0 Å². The van der Waals surface area contributed by atoms with Gasteiger partial charge in [0.25, 0.3) is 0 Å². The molecule has 0 atom stereocenters. The summed E-state index contributed by atoms with van der Waals surface area (Å²) in [6, 6.07) is 9.26. The second-order valence-electron chi connectivity index (χ2n) is 7.18. The highest BCUT2D eigenvalue weighted by Crippen LogP contribution is 2.37. The zero-order chi connectivity index (χ0) is 14.9. The Morgan fingerprint density at radius 1 is 0.810 bits per heavy atom. The average Bonchev–Trinajstić information content (AvgIpc) is 2.52. The van der Waals surface area contributed by atoms with E-state index < -0.39 is 0 Å². The van der Waals surface area contributed by atoms with Gasteiger partial charge in [-0.3, -0.25) is 0 Å². The first-order valence-corrected chi connectivity index (χ1v) is 9.36. The van der Waals surface area contributed by atoms with Gasteiger partial charge in [-0.25, -0.2) is 0 Å². The predicted octanol–water partition coefficient (Wildman–Crippen LogP) is 7.02. The lowest BCUT2D eigenvalue weighted by Gasteiger charge is -2.29. The van der Waals surface area contributed by atoms with Gasteiger partial charge < -0.3 is 0 Å². The van der Waals surface area contributed by atoms with Crippen molar-refractivity contribution < 1.29 is 0 Å². The van der Waals surface area contributed by atoms with Crippen LogP contribution in [0.5, 0.6) is 0 Å². The molecule has 0 radical (unpaired) electrons. The molecule has 1 aromatic carbocycles. The number of aryl methyl sites for hydroxylation is 1. The van der Waals surface area contributed by atoms with E-state index in [0.29, 0.717) is 0 Å². The smallest absolute Gasteiger partial charge is 0.0162 e. The van der Waals surface area contributed by atoms with E-state index in [1.54, 1.807) is 5.56 Å². The quantitative estimate of drug-likeness (QED) is 0.450. The van der Waals surface area contributed by atoms with Gasteiger partial charge in [-0.1, -0.05) is 81.7 Å². The minimum atomic E-state index is 0.839. The SMILES string of the molecule is CCCCCCCCC1CCC(c2ccc(C)cc2)CC1. The first-order chi connectivity index (χ1) is 10.3. The van der Waals surface area contributed by atoms with Gasteiger partial charge in [0, 0.05) is 0 Å². The van der Waals surface area contributed by atoms with E-state index in [2.05, 4.69) is 38.1 Å². The highest BCUT2D eigenvalue weighted by molar-refractivity contribution is 5.24. The molecule has 0 aromatic heterocycles. The van der Waals surface area contributed by atoms with Crippen LogP contribution in [0.25, 0.3) is 0 Å². The Morgan fingerprint density at radius 3 is 2.10 bits per heavy atom. The highest BCUT2D eigenvalue weighted by Gasteiger charge is 2.21. The van der Waals surface area contributed by atoms with Crippen LogP contribution in [0.15, 0.2) is 24.3 Å². The summed E-state index contributed by atoms with van der Waals surface area (Å²) in [6.07, 6.45) is 15.9. The molecule has 0 saturated heterocycles. The topological polar surface area (TPSA) is 0 Å². The summed E-state index contributed by atoms with van der Waals surface area (Å²) in [5.41, 5.74) is 2.97.